The minimum atomic E-state index is -0.413. The molecule has 6 nitrogen and oxygen atoms in total. The molecule has 1 heterocycles. The van der Waals surface area contributed by atoms with E-state index >= 15 is 0 Å². The summed E-state index contributed by atoms with van der Waals surface area (Å²) < 4.78 is 7.82. The van der Waals surface area contributed by atoms with Crippen LogP contribution in [0, 0.1) is 0 Å². The number of amides is 1. The van der Waals surface area contributed by atoms with Crippen LogP contribution in [-0.2, 0) is 20.7 Å². The fourth-order valence-corrected chi connectivity index (χ4v) is 3.06. The minimum Gasteiger partial charge on any atom is -0.456 e. The topological polar surface area (TPSA) is 73.2 Å². The van der Waals surface area contributed by atoms with Gasteiger partial charge in [0.2, 0.25) is 0 Å². The second kappa shape index (κ2) is 10.0. The van der Waals surface area contributed by atoms with Crippen molar-refractivity contribution in [3.05, 3.63) is 82.6 Å². The molecule has 7 heteroatoms. The Bertz CT molecular complexity index is 955. The van der Waals surface area contributed by atoms with Gasteiger partial charge in [-0.05, 0) is 48.7 Å². The molecule has 1 N–H and O–H groups in total. The number of aromatic nitrogens is 2. The lowest BCUT2D eigenvalue weighted by Gasteiger charge is -2.14. The van der Waals surface area contributed by atoms with Gasteiger partial charge in [0, 0.05) is 17.1 Å². The number of hydrogen-bond donors (Lipinski definition) is 1. The molecule has 0 radical (unpaired) electrons. The molecule has 1 unspecified atom stereocenters. The van der Waals surface area contributed by atoms with Crippen molar-refractivity contribution >= 4 is 27.8 Å². The molecule has 2 aromatic carbocycles. The van der Waals surface area contributed by atoms with E-state index in [1.807, 2.05) is 67.7 Å². The van der Waals surface area contributed by atoms with Gasteiger partial charge >= 0.3 is 5.97 Å². The molecule has 1 amide bonds. The van der Waals surface area contributed by atoms with Gasteiger partial charge in [0.15, 0.2) is 6.61 Å². The molecule has 0 aliphatic carbocycles. The van der Waals surface area contributed by atoms with Gasteiger partial charge in [0.1, 0.15) is 0 Å². The number of carbonyl (C=O) groups excluding carboxylic acids is 2. The molecule has 1 aromatic heterocycles. The molecule has 3 aromatic rings. The Hall–Kier alpha value is -2.93. The monoisotopic (exact) mass is 455 g/mol. The predicted molar refractivity (Wildman–Crippen MR) is 114 cm³/mol. The van der Waals surface area contributed by atoms with Crippen LogP contribution in [0.5, 0.6) is 0 Å². The maximum atomic E-state index is 12.0. The van der Waals surface area contributed by atoms with Crippen LogP contribution in [0.15, 0.2) is 71.5 Å². The number of nitrogens with zero attached hydrogens (tertiary/aromatic N) is 2. The van der Waals surface area contributed by atoms with Gasteiger partial charge in [-0.2, -0.15) is 5.10 Å². The van der Waals surface area contributed by atoms with E-state index in [4.69, 9.17) is 4.74 Å². The zero-order valence-corrected chi connectivity index (χ0v) is 17.6. The average Bonchev–Trinajstić information content (AvgIpc) is 3.21. The highest BCUT2D eigenvalue weighted by Gasteiger charge is 2.12. The van der Waals surface area contributed by atoms with E-state index in [1.54, 1.807) is 10.9 Å². The van der Waals surface area contributed by atoms with E-state index in [2.05, 4.69) is 26.3 Å². The number of para-hydroxylation sites is 1. The summed E-state index contributed by atoms with van der Waals surface area (Å²) >= 11 is 3.38. The molecule has 150 valence electrons. The second-order valence-electron chi connectivity index (χ2n) is 6.63. The van der Waals surface area contributed by atoms with Crippen molar-refractivity contribution in [2.75, 3.05) is 6.61 Å². The quantitative estimate of drug-likeness (QED) is 0.521. The van der Waals surface area contributed by atoms with Crippen molar-refractivity contribution in [1.29, 1.82) is 0 Å². The second-order valence-corrected chi connectivity index (χ2v) is 7.55. The smallest absolute Gasteiger partial charge is 0.306 e. The summed E-state index contributed by atoms with van der Waals surface area (Å²) in [5.41, 5.74) is 2.86. The largest absolute Gasteiger partial charge is 0.456 e. The summed E-state index contributed by atoms with van der Waals surface area (Å²) in [6.45, 7) is 1.59. The van der Waals surface area contributed by atoms with Crippen LogP contribution >= 0.6 is 15.9 Å². The van der Waals surface area contributed by atoms with Crippen LogP contribution in [0.1, 0.15) is 30.5 Å². The van der Waals surface area contributed by atoms with E-state index in [0.717, 1.165) is 21.3 Å². The molecular formula is C22H22BrN3O3. The number of benzene rings is 2. The Kier molecular flexibility index (Phi) is 7.19. The Balaban J connectivity index is 1.40. The maximum Gasteiger partial charge on any atom is 0.306 e. The number of carbonyl (C=O) groups is 2. The third kappa shape index (κ3) is 6.29. The lowest BCUT2D eigenvalue weighted by atomic mass is 10.1. The Morgan fingerprint density at radius 1 is 1.14 bits per heavy atom. The Morgan fingerprint density at radius 3 is 2.59 bits per heavy atom. The summed E-state index contributed by atoms with van der Waals surface area (Å²) in [5, 5.41) is 7.12. The first-order chi connectivity index (χ1) is 14.0. The number of esters is 1. The van der Waals surface area contributed by atoms with Crippen LogP contribution in [0.3, 0.4) is 0 Å². The van der Waals surface area contributed by atoms with Crippen LogP contribution in [0.4, 0.5) is 0 Å². The third-order valence-electron chi connectivity index (χ3n) is 4.39. The minimum absolute atomic E-state index is 0.168. The lowest BCUT2D eigenvalue weighted by Crippen LogP contribution is -2.31. The average molecular weight is 456 g/mol. The first-order valence-electron chi connectivity index (χ1n) is 9.30. The number of rotatable bonds is 8. The van der Waals surface area contributed by atoms with Crippen molar-refractivity contribution in [2.24, 2.45) is 0 Å². The number of aryl methyl sites for hydroxylation is 1. The SMILES string of the molecule is CC(NC(=O)COC(=O)CCc1cnn(-c2ccccc2)c1)c1ccc(Br)cc1. The van der Waals surface area contributed by atoms with Gasteiger partial charge in [-0.3, -0.25) is 9.59 Å². The van der Waals surface area contributed by atoms with Crippen LogP contribution in [-0.4, -0.2) is 28.3 Å². The van der Waals surface area contributed by atoms with Gasteiger partial charge in [-0.1, -0.05) is 46.3 Å². The van der Waals surface area contributed by atoms with E-state index < -0.39 is 5.97 Å². The molecule has 3 rings (SSSR count). The fraction of sp³-hybridized carbons (Fsp3) is 0.227. The number of hydrogen-bond acceptors (Lipinski definition) is 4. The molecule has 0 aliphatic heterocycles. The highest BCUT2D eigenvalue weighted by Crippen LogP contribution is 2.16. The Morgan fingerprint density at radius 2 is 1.86 bits per heavy atom. The molecule has 0 spiro atoms. The van der Waals surface area contributed by atoms with E-state index in [-0.39, 0.29) is 25.0 Å². The molecular weight excluding hydrogens is 434 g/mol. The van der Waals surface area contributed by atoms with Crippen LogP contribution in [0.25, 0.3) is 5.69 Å². The van der Waals surface area contributed by atoms with Gasteiger partial charge in [-0.25, -0.2) is 4.68 Å². The zero-order valence-electron chi connectivity index (χ0n) is 16.0. The van der Waals surface area contributed by atoms with Crippen molar-refractivity contribution < 1.29 is 14.3 Å². The summed E-state index contributed by atoms with van der Waals surface area (Å²) in [6, 6.07) is 17.3. The zero-order chi connectivity index (χ0) is 20.6. The van der Waals surface area contributed by atoms with Gasteiger partial charge < -0.3 is 10.1 Å². The summed E-state index contributed by atoms with van der Waals surface area (Å²) in [6.07, 6.45) is 4.31. The molecule has 0 fully saturated rings. The highest BCUT2D eigenvalue weighted by atomic mass is 79.9. The standard InChI is InChI=1S/C22H22BrN3O3/c1-16(18-8-10-19(23)11-9-18)25-21(27)15-29-22(28)12-7-17-13-24-26(14-17)20-5-3-2-4-6-20/h2-6,8-11,13-14,16H,7,12,15H2,1H3,(H,25,27). The highest BCUT2D eigenvalue weighted by molar-refractivity contribution is 9.10. The molecule has 29 heavy (non-hydrogen) atoms. The normalized spacial score (nSPS) is 11.7. The first kappa shape index (κ1) is 20.8. The van der Waals surface area contributed by atoms with Gasteiger partial charge in [-0.15, -0.1) is 0 Å². The summed E-state index contributed by atoms with van der Waals surface area (Å²) in [4.78, 5) is 24.0. The molecule has 1 atom stereocenters. The lowest BCUT2D eigenvalue weighted by molar-refractivity contribution is -0.148. The molecule has 0 saturated carbocycles. The summed E-state index contributed by atoms with van der Waals surface area (Å²) in [7, 11) is 0. The van der Waals surface area contributed by atoms with E-state index in [9.17, 15) is 9.59 Å². The predicted octanol–water partition coefficient (Wildman–Crippen LogP) is 3.99. The van der Waals surface area contributed by atoms with Crippen LogP contribution < -0.4 is 5.32 Å². The number of nitrogens with one attached hydrogen (secondary N) is 1. The van der Waals surface area contributed by atoms with E-state index in [1.165, 1.54) is 0 Å². The van der Waals surface area contributed by atoms with Gasteiger partial charge in [0.25, 0.3) is 5.91 Å². The third-order valence-corrected chi connectivity index (χ3v) is 4.92. The van der Waals surface area contributed by atoms with Crippen molar-refractivity contribution in [2.45, 2.75) is 25.8 Å². The van der Waals surface area contributed by atoms with Crippen LogP contribution in [0.2, 0.25) is 0 Å². The summed E-state index contributed by atoms with van der Waals surface area (Å²) in [5.74, 6) is -0.741. The Labute approximate surface area is 178 Å². The first-order valence-corrected chi connectivity index (χ1v) is 10.1. The molecule has 0 aliphatic rings. The number of halogens is 1. The van der Waals surface area contributed by atoms with E-state index in [0.29, 0.717) is 6.42 Å². The maximum absolute atomic E-state index is 12.0. The number of ether oxygens (including phenoxy) is 1. The van der Waals surface area contributed by atoms with Crippen molar-refractivity contribution in [3.8, 4) is 5.69 Å². The molecule has 0 bridgehead atoms. The van der Waals surface area contributed by atoms with Crippen molar-refractivity contribution in [3.63, 3.8) is 0 Å². The van der Waals surface area contributed by atoms with Crippen molar-refractivity contribution in [1.82, 2.24) is 15.1 Å². The van der Waals surface area contributed by atoms with Gasteiger partial charge in [0.05, 0.1) is 17.9 Å². The fourth-order valence-electron chi connectivity index (χ4n) is 2.79. The molecule has 0 saturated heterocycles.